The van der Waals surface area contributed by atoms with Gasteiger partial charge >= 0.3 is 0 Å². The van der Waals surface area contributed by atoms with E-state index in [1.54, 1.807) is 7.11 Å². The van der Waals surface area contributed by atoms with Crippen LogP contribution in [0.25, 0.3) is 0 Å². The molecule has 0 radical (unpaired) electrons. The zero-order valence-electron chi connectivity index (χ0n) is 16.8. The van der Waals surface area contributed by atoms with E-state index in [1.165, 1.54) is 23.6 Å². The Hall–Kier alpha value is -1.91. The molecule has 0 aliphatic carbocycles. The summed E-state index contributed by atoms with van der Waals surface area (Å²) in [5.41, 5.74) is 1.84. The van der Waals surface area contributed by atoms with Gasteiger partial charge in [-0.15, -0.1) is 0 Å². The second kappa shape index (κ2) is 9.33. The van der Waals surface area contributed by atoms with Gasteiger partial charge in [-0.2, -0.15) is 5.10 Å². The Morgan fingerprint density at radius 2 is 1.78 bits per heavy atom. The molecule has 4 heteroatoms. The molecule has 3 rings (SSSR count). The van der Waals surface area contributed by atoms with Crippen molar-refractivity contribution < 1.29 is 4.74 Å². The van der Waals surface area contributed by atoms with Crippen molar-refractivity contribution >= 4 is 19.5 Å². The predicted octanol–water partition coefficient (Wildman–Crippen LogP) is 4.31. The zero-order chi connectivity index (χ0) is 19.1. The summed E-state index contributed by atoms with van der Waals surface area (Å²) in [5, 5.41) is 8.71. The molecule has 2 atom stereocenters. The van der Waals surface area contributed by atoms with Crippen LogP contribution in [-0.2, 0) is 11.2 Å². The third kappa shape index (κ3) is 5.08. The Kier molecular flexibility index (Phi) is 6.86. The smallest absolute Gasteiger partial charge is 0.0894 e. The molecule has 3 nitrogen and oxygen atoms in total. The third-order valence-corrected chi connectivity index (χ3v) is 9.87. The van der Waals surface area contributed by atoms with E-state index >= 15 is 0 Å². The van der Waals surface area contributed by atoms with Gasteiger partial charge in [-0.3, -0.25) is 5.01 Å². The van der Waals surface area contributed by atoms with Crippen molar-refractivity contribution in [1.29, 1.82) is 0 Å². The maximum Gasteiger partial charge on any atom is 0.0894 e. The minimum Gasteiger partial charge on any atom is -0.382 e. The normalized spacial score (nSPS) is 18.9. The van der Waals surface area contributed by atoms with Crippen LogP contribution in [0.5, 0.6) is 0 Å². The first kappa shape index (κ1) is 19.8. The van der Waals surface area contributed by atoms with Crippen LogP contribution in [0.2, 0.25) is 18.6 Å². The van der Waals surface area contributed by atoms with Gasteiger partial charge in [0, 0.05) is 19.9 Å². The molecule has 27 heavy (non-hydrogen) atoms. The molecular formula is C23H32N2OSi. The standard InChI is InChI=1S/C23H32N2OSi/c1-26-19-21-13-10-16-25(21)24-18-23(17-20-11-6-4-7-12-20)27(2,3)22-14-8-5-9-15-22/h4-9,11-12,14-15,18,21,23H,10,13,16-17,19H2,1-3H3/t21-,23-/m0/s1. The van der Waals surface area contributed by atoms with Crippen LogP contribution < -0.4 is 5.19 Å². The van der Waals surface area contributed by atoms with Gasteiger partial charge in [0.2, 0.25) is 0 Å². The first-order valence-corrected chi connectivity index (χ1v) is 13.1. The van der Waals surface area contributed by atoms with E-state index in [0.29, 0.717) is 11.6 Å². The second-order valence-electron chi connectivity index (χ2n) is 8.06. The molecule has 0 unspecified atom stereocenters. The highest BCUT2D eigenvalue weighted by Crippen LogP contribution is 2.26. The molecule has 0 saturated carbocycles. The van der Waals surface area contributed by atoms with Gasteiger partial charge in [0.15, 0.2) is 0 Å². The third-order valence-electron chi connectivity index (χ3n) is 5.84. The van der Waals surface area contributed by atoms with Crippen LogP contribution in [0.1, 0.15) is 18.4 Å². The first-order chi connectivity index (χ1) is 13.1. The number of ether oxygens (including phenoxy) is 1. The van der Waals surface area contributed by atoms with Gasteiger partial charge in [0.25, 0.3) is 0 Å². The molecule has 2 aromatic rings. The number of hydrogen-bond acceptors (Lipinski definition) is 3. The first-order valence-electron chi connectivity index (χ1n) is 10.0. The van der Waals surface area contributed by atoms with E-state index in [0.717, 1.165) is 19.6 Å². The average Bonchev–Trinajstić information content (AvgIpc) is 3.14. The molecule has 0 bridgehead atoms. The van der Waals surface area contributed by atoms with E-state index in [4.69, 9.17) is 9.84 Å². The van der Waals surface area contributed by atoms with E-state index in [1.807, 2.05) is 0 Å². The number of benzene rings is 2. The number of methoxy groups -OCH3 is 1. The second-order valence-corrected chi connectivity index (χ2v) is 12.8. The van der Waals surface area contributed by atoms with E-state index in [2.05, 4.69) is 85.0 Å². The van der Waals surface area contributed by atoms with Crippen LogP contribution in [0.4, 0.5) is 0 Å². The fraction of sp³-hybridized carbons (Fsp3) is 0.435. The monoisotopic (exact) mass is 380 g/mol. The van der Waals surface area contributed by atoms with Gasteiger partial charge in [0.1, 0.15) is 0 Å². The molecule has 1 heterocycles. The summed E-state index contributed by atoms with van der Waals surface area (Å²) < 4.78 is 5.39. The molecule has 0 aromatic heterocycles. The van der Waals surface area contributed by atoms with Crippen LogP contribution in [-0.4, -0.2) is 45.6 Å². The predicted molar refractivity (Wildman–Crippen MR) is 118 cm³/mol. The zero-order valence-corrected chi connectivity index (χ0v) is 17.8. The van der Waals surface area contributed by atoms with Gasteiger partial charge in [-0.05, 0) is 30.4 Å². The molecule has 2 aromatic carbocycles. The maximum absolute atomic E-state index is 5.39. The Balaban J connectivity index is 1.84. The molecular weight excluding hydrogens is 348 g/mol. The summed E-state index contributed by atoms with van der Waals surface area (Å²) in [5.74, 6) is 0. The largest absolute Gasteiger partial charge is 0.382 e. The van der Waals surface area contributed by atoms with Gasteiger partial charge < -0.3 is 4.74 Å². The lowest BCUT2D eigenvalue weighted by Crippen LogP contribution is -2.47. The molecule has 0 spiro atoms. The van der Waals surface area contributed by atoms with Crippen molar-refractivity contribution in [2.75, 3.05) is 20.3 Å². The lowest BCUT2D eigenvalue weighted by atomic mass is 10.1. The Morgan fingerprint density at radius 1 is 1.11 bits per heavy atom. The summed E-state index contributed by atoms with van der Waals surface area (Å²) in [7, 11) is 0.0703. The van der Waals surface area contributed by atoms with E-state index < -0.39 is 8.07 Å². The highest BCUT2D eigenvalue weighted by Gasteiger charge is 2.33. The molecule has 1 saturated heterocycles. The quantitative estimate of drug-likeness (QED) is 0.503. The van der Waals surface area contributed by atoms with Crippen molar-refractivity contribution in [3.63, 3.8) is 0 Å². The van der Waals surface area contributed by atoms with Crippen molar-refractivity contribution in [1.82, 2.24) is 5.01 Å². The fourth-order valence-corrected chi connectivity index (χ4v) is 6.61. The summed E-state index contributed by atoms with van der Waals surface area (Å²) in [6.07, 6.45) is 5.67. The van der Waals surface area contributed by atoms with Crippen molar-refractivity contribution in [2.24, 2.45) is 5.10 Å². The Morgan fingerprint density at radius 3 is 2.44 bits per heavy atom. The van der Waals surface area contributed by atoms with Crippen LogP contribution in [0.15, 0.2) is 65.8 Å². The summed E-state index contributed by atoms with van der Waals surface area (Å²) in [6, 6.07) is 22.3. The van der Waals surface area contributed by atoms with Crippen molar-refractivity contribution in [3.05, 3.63) is 66.2 Å². The molecule has 144 valence electrons. The van der Waals surface area contributed by atoms with Crippen molar-refractivity contribution in [2.45, 2.75) is 43.9 Å². The summed E-state index contributed by atoms with van der Waals surface area (Å²) >= 11 is 0. The number of hydrazone groups is 1. The van der Waals surface area contributed by atoms with Crippen LogP contribution >= 0.6 is 0 Å². The van der Waals surface area contributed by atoms with Crippen LogP contribution in [0.3, 0.4) is 0 Å². The fourth-order valence-electron chi connectivity index (χ4n) is 3.94. The SMILES string of the molecule is COC[C@@H]1CCCN1N=C[C@H](Cc1ccccc1)[Si](C)(C)c1ccccc1. The Labute approximate surface area is 165 Å². The lowest BCUT2D eigenvalue weighted by molar-refractivity contribution is 0.118. The average molecular weight is 381 g/mol. The van der Waals surface area contributed by atoms with E-state index in [9.17, 15) is 0 Å². The molecule has 1 fully saturated rings. The lowest BCUT2D eigenvalue weighted by Gasteiger charge is -2.31. The highest BCUT2D eigenvalue weighted by molar-refractivity contribution is 6.92. The molecule has 1 aliphatic heterocycles. The molecule has 1 aliphatic rings. The summed E-state index contributed by atoms with van der Waals surface area (Å²) in [4.78, 5) is 0. The number of hydrogen-bond donors (Lipinski definition) is 0. The number of nitrogens with zero attached hydrogens (tertiary/aromatic N) is 2. The van der Waals surface area contributed by atoms with Gasteiger partial charge in [-0.1, -0.05) is 78.9 Å². The molecule has 0 amide bonds. The maximum atomic E-state index is 5.39. The summed E-state index contributed by atoms with van der Waals surface area (Å²) in [6.45, 7) is 6.74. The minimum atomic E-state index is -1.71. The minimum absolute atomic E-state index is 0.421. The van der Waals surface area contributed by atoms with Crippen LogP contribution in [0, 0.1) is 0 Å². The Bertz CT molecular complexity index is 718. The highest BCUT2D eigenvalue weighted by atomic mass is 28.3. The molecule has 0 N–H and O–H groups in total. The van der Waals surface area contributed by atoms with Gasteiger partial charge in [0.05, 0.1) is 20.7 Å². The number of rotatable bonds is 8. The van der Waals surface area contributed by atoms with Gasteiger partial charge in [-0.25, -0.2) is 0 Å². The topological polar surface area (TPSA) is 24.8 Å². The van der Waals surface area contributed by atoms with E-state index in [-0.39, 0.29) is 0 Å². The van der Waals surface area contributed by atoms with Crippen molar-refractivity contribution in [3.8, 4) is 0 Å².